The van der Waals surface area contributed by atoms with Crippen molar-refractivity contribution in [2.75, 3.05) is 13.2 Å². The summed E-state index contributed by atoms with van der Waals surface area (Å²) in [5, 5.41) is 105. The number of carbonyl (C=O) groups is 2. The minimum Gasteiger partial charge on any atom is -0.394 e. The Hall–Kier alpha value is -1.54. The maximum absolute atomic E-state index is 12.1. The highest BCUT2D eigenvalue weighted by atomic mass is 17.2. The molecule has 1 rings (SSSR count). The average molecular weight is 462 g/mol. The van der Waals surface area contributed by atoms with Crippen LogP contribution in [-0.2, 0) is 24.1 Å². The fourth-order valence-electron chi connectivity index (χ4n) is 2.56. The molecule has 6 unspecified atom stereocenters. The van der Waals surface area contributed by atoms with E-state index in [0.717, 1.165) is 0 Å². The summed E-state index contributed by atoms with van der Waals surface area (Å²) >= 11 is 0. The van der Waals surface area contributed by atoms with Gasteiger partial charge in [0.05, 0.1) is 13.2 Å². The predicted molar refractivity (Wildman–Crippen MR) is 88.8 cm³/mol. The molecule has 31 heavy (non-hydrogen) atoms. The first-order valence-electron chi connectivity index (χ1n) is 8.69. The van der Waals surface area contributed by atoms with Gasteiger partial charge in [0, 0.05) is 0 Å². The third kappa shape index (κ3) is 5.64. The molecule has 16 nitrogen and oxygen atoms in total. The average Bonchev–Trinajstić information content (AvgIpc) is 2.75. The van der Waals surface area contributed by atoms with Crippen molar-refractivity contribution in [3.8, 4) is 0 Å². The quantitative estimate of drug-likeness (QED) is 0.118. The third-order valence-corrected chi connectivity index (χ3v) is 4.67. The van der Waals surface area contributed by atoms with Crippen molar-refractivity contribution >= 4 is 11.9 Å². The van der Waals surface area contributed by atoms with Gasteiger partial charge in [0.25, 0.3) is 0 Å². The van der Waals surface area contributed by atoms with Gasteiger partial charge in [-0.1, -0.05) is 0 Å². The molecule has 0 aromatic carbocycles. The normalized spacial score (nSPS) is 34.7. The molecule has 1 aliphatic rings. The largest absolute Gasteiger partial charge is 0.394 e. The SMILES string of the molecule is CC(O)(C(=O)OOC(=O)C(O)C(O)C(O)C(O)CO)C1O[C@@](O)(CO)[C@@H](O)[C@H](O)[C@@H]1O. The van der Waals surface area contributed by atoms with E-state index in [1.165, 1.54) is 0 Å². The van der Waals surface area contributed by atoms with E-state index in [2.05, 4.69) is 9.78 Å². The minimum atomic E-state index is -3.00. The van der Waals surface area contributed by atoms with Crippen LogP contribution in [0.15, 0.2) is 0 Å². The molecule has 182 valence electrons. The van der Waals surface area contributed by atoms with Crippen molar-refractivity contribution < 1.29 is 80.3 Å². The summed E-state index contributed by atoms with van der Waals surface area (Å²) in [7, 11) is 0. The topological polar surface area (TPSA) is 284 Å². The van der Waals surface area contributed by atoms with Crippen molar-refractivity contribution in [3.05, 3.63) is 0 Å². The van der Waals surface area contributed by atoms with Crippen LogP contribution in [0.25, 0.3) is 0 Å². The molecule has 0 radical (unpaired) electrons. The third-order valence-electron chi connectivity index (χ3n) is 4.67. The maximum Gasteiger partial charge on any atom is 0.389 e. The summed E-state index contributed by atoms with van der Waals surface area (Å²) < 4.78 is 4.75. The molecule has 0 bridgehead atoms. The van der Waals surface area contributed by atoms with Gasteiger partial charge in [0.2, 0.25) is 5.79 Å². The molecule has 1 saturated heterocycles. The van der Waals surface area contributed by atoms with Gasteiger partial charge in [-0.25, -0.2) is 19.4 Å². The standard InChI is InChI=1S/C15H26O16/c1-14(27,11-8(22)7(21)10(24)15(28,3-17)29-11)13(26)31-30-12(25)9(23)6(20)5(19)4(18)2-16/h4-11,16-24,27-28H,2-3H2,1H3/t4?,5?,6?,7-,8+,9?,10+,11?,14?,15+/m1/s1. The van der Waals surface area contributed by atoms with E-state index in [9.17, 15) is 50.4 Å². The zero-order chi connectivity index (χ0) is 24.3. The number of rotatable bonds is 8. The van der Waals surface area contributed by atoms with Crippen LogP contribution >= 0.6 is 0 Å². The van der Waals surface area contributed by atoms with Crippen LogP contribution < -0.4 is 0 Å². The number of hydrogen-bond donors (Lipinski definition) is 11. The Morgan fingerprint density at radius 2 is 1.58 bits per heavy atom. The van der Waals surface area contributed by atoms with E-state index >= 15 is 0 Å². The van der Waals surface area contributed by atoms with E-state index in [-0.39, 0.29) is 0 Å². The lowest BCUT2D eigenvalue weighted by molar-refractivity contribution is -0.375. The van der Waals surface area contributed by atoms with Crippen LogP contribution in [0.5, 0.6) is 0 Å². The van der Waals surface area contributed by atoms with Gasteiger partial charge >= 0.3 is 11.9 Å². The van der Waals surface area contributed by atoms with Gasteiger partial charge < -0.3 is 60.9 Å². The van der Waals surface area contributed by atoms with E-state index < -0.39 is 85.4 Å². The molecule has 1 aliphatic heterocycles. The van der Waals surface area contributed by atoms with Crippen molar-refractivity contribution in [2.24, 2.45) is 0 Å². The molecule has 0 aliphatic carbocycles. The summed E-state index contributed by atoms with van der Waals surface area (Å²) in [6.45, 7) is -1.76. The lowest BCUT2D eigenvalue weighted by Crippen LogP contribution is -2.71. The summed E-state index contributed by atoms with van der Waals surface area (Å²) in [6.07, 6.45) is -18.1. The van der Waals surface area contributed by atoms with E-state index in [4.69, 9.17) is 20.1 Å². The highest BCUT2D eigenvalue weighted by molar-refractivity contribution is 5.81. The van der Waals surface area contributed by atoms with Crippen LogP contribution in [0.2, 0.25) is 0 Å². The van der Waals surface area contributed by atoms with E-state index in [1.54, 1.807) is 0 Å². The molecule has 1 fully saturated rings. The van der Waals surface area contributed by atoms with Crippen LogP contribution in [0.1, 0.15) is 6.92 Å². The van der Waals surface area contributed by atoms with Crippen molar-refractivity contribution in [1.82, 2.24) is 0 Å². The second kappa shape index (κ2) is 10.4. The first kappa shape index (κ1) is 27.5. The second-order valence-corrected chi connectivity index (χ2v) is 7.06. The Labute approximate surface area is 173 Å². The van der Waals surface area contributed by atoms with Crippen molar-refractivity contribution in [2.45, 2.75) is 67.1 Å². The smallest absolute Gasteiger partial charge is 0.389 e. The number of aliphatic hydroxyl groups excluding tert-OH is 9. The first-order valence-corrected chi connectivity index (χ1v) is 8.69. The molecule has 0 spiro atoms. The van der Waals surface area contributed by atoms with Crippen LogP contribution in [0, 0.1) is 0 Å². The summed E-state index contributed by atoms with van der Waals surface area (Å²) in [6, 6.07) is 0. The number of aliphatic hydroxyl groups is 11. The van der Waals surface area contributed by atoms with Gasteiger partial charge in [0.15, 0.2) is 11.7 Å². The maximum atomic E-state index is 12.1. The van der Waals surface area contributed by atoms with Crippen molar-refractivity contribution in [1.29, 1.82) is 0 Å². The molecule has 0 aromatic heterocycles. The summed E-state index contributed by atoms with van der Waals surface area (Å²) in [5.41, 5.74) is -3.00. The predicted octanol–water partition coefficient (Wildman–Crippen LogP) is -7.66. The zero-order valence-corrected chi connectivity index (χ0v) is 16.0. The van der Waals surface area contributed by atoms with E-state index in [0.29, 0.717) is 6.92 Å². The van der Waals surface area contributed by atoms with Gasteiger partial charge in [-0.05, 0) is 6.92 Å². The van der Waals surface area contributed by atoms with Gasteiger partial charge in [-0.15, -0.1) is 0 Å². The lowest BCUT2D eigenvalue weighted by atomic mass is 9.85. The molecular weight excluding hydrogens is 436 g/mol. The van der Waals surface area contributed by atoms with Crippen LogP contribution in [0.4, 0.5) is 0 Å². The molecule has 0 aromatic rings. The Morgan fingerprint density at radius 1 is 1.03 bits per heavy atom. The van der Waals surface area contributed by atoms with Gasteiger partial charge in [0.1, 0.15) is 42.7 Å². The second-order valence-electron chi connectivity index (χ2n) is 7.06. The van der Waals surface area contributed by atoms with Gasteiger partial charge in [-0.3, -0.25) is 0 Å². The minimum absolute atomic E-state index is 0.617. The zero-order valence-electron chi connectivity index (χ0n) is 16.0. The number of carbonyl (C=O) groups excluding carboxylic acids is 2. The summed E-state index contributed by atoms with van der Waals surface area (Å²) in [5.74, 6) is -6.70. The van der Waals surface area contributed by atoms with Crippen LogP contribution in [0.3, 0.4) is 0 Å². The van der Waals surface area contributed by atoms with E-state index in [1.807, 2.05) is 0 Å². The Balaban J connectivity index is 2.85. The Bertz CT molecular complexity index is 626. The molecular formula is C15H26O16. The molecule has 16 heteroatoms. The highest BCUT2D eigenvalue weighted by Gasteiger charge is 2.60. The molecule has 10 atom stereocenters. The fraction of sp³-hybridized carbons (Fsp3) is 0.867. The molecule has 0 amide bonds. The summed E-state index contributed by atoms with van der Waals surface area (Å²) in [4.78, 5) is 31.6. The van der Waals surface area contributed by atoms with Crippen LogP contribution in [-0.4, -0.2) is 142 Å². The first-order chi connectivity index (χ1) is 14.1. The molecule has 1 heterocycles. The molecule has 0 saturated carbocycles. The Kier molecular flexibility index (Phi) is 9.21. The highest BCUT2D eigenvalue weighted by Crippen LogP contribution is 2.33. The monoisotopic (exact) mass is 462 g/mol. The number of ether oxygens (including phenoxy) is 1. The lowest BCUT2D eigenvalue weighted by Gasteiger charge is -2.47. The molecule has 11 N–H and O–H groups in total. The Morgan fingerprint density at radius 3 is 2.06 bits per heavy atom. The van der Waals surface area contributed by atoms with Gasteiger partial charge in [-0.2, -0.15) is 0 Å². The van der Waals surface area contributed by atoms with Crippen molar-refractivity contribution in [3.63, 3.8) is 0 Å². The number of hydrogen-bond acceptors (Lipinski definition) is 16. The fourth-order valence-corrected chi connectivity index (χ4v) is 2.56.